The van der Waals surface area contributed by atoms with Gasteiger partial charge >= 0.3 is 0 Å². The average Bonchev–Trinajstić information content (AvgIpc) is 2.58. The van der Waals surface area contributed by atoms with Crippen LogP contribution in [0.1, 0.15) is 28.2 Å². The van der Waals surface area contributed by atoms with Crippen molar-refractivity contribution in [1.82, 2.24) is 0 Å². The van der Waals surface area contributed by atoms with E-state index in [1.165, 1.54) is 22.3 Å². The Labute approximate surface area is 132 Å². The second kappa shape index (κ2) is 6.91. The monoisotopic (exact) mass is 284 g/mol. The van der Waals surface area contributed by atoms with E-state index in [0.717, 1.165) is 0 Å². The fraction of sp³-hybridized carbons (Fsp3) is 0.0909. The molecule has 3 aromatic rings. The molecule has 0 bridgehead atoms. The number of hydrogen-bond donors (Lipinski definition) is 0. The largest absolute Gasteiger partial charge is 0.0721 e. The maximum Gasteiger partial charge on any atom is 0.0272 e. The molecule has 1 unspecified atom stereocenters. The van der Waals surface area contributed by atoms with E-state index in [2.05, 4.69) is 97.9 Å². The molecule has 1 atom stereocenters. The third kappa shape index (κ3) is 3.53. The smallest absolute Gasteiger partial charge is 0.0272 e. The average molecular weight is 284 g/mol. The molecule has 0 aliphatic rings. The summed E-state index contributed by atoms with van der Waals surface area (Å²) in [6.45, 7) is 2.13. The first-order valence-corrected chi connectivity index (χ1v) is 7.68. The fourth-order valence-electron chi connectivity index (χ4n) is 2.62. The molecule has 0 aliphatic heterocycles. The lowest BCUT2D eigenvalue weighted by Gasteiger charge is -2.14. The number of benzene rings is 3. The maximum atomic E-state index is 2.29. The normalized spacial score (nSPS) is 12.4. The molecule has 108 valence electrons. The lowest BCUT2D eigenvalue weighted by molar-refractivity contribution is 1.03. The zero-order chi connectivity index (χ0) is 15.2. The van der Waals surface area contributed by atoms with E-state index in [4.69, 9.17) is 0 Å². The van der Waals surface area contributed by atoms with Crippen LogP contribution in [0, 0.1) is 6.92 Å². The van der Waals surface area contributed by atoms with Crippen LogP contribution in [-0.2, 0) is 0 Å². The third-order valence-corrected chi connectivity index (χ3v) is 3.88. The summed E-state index contributed by atoms with van der Waals surface area (Å²) in [6.07, 6.45) is 4.49. The quantitative estimate of drug-likeness (QED) is 0.564. The van der Waals surface area contributed by atoms with Crippen molar-refractivity contribution in [3.63, 3.8) is 0 Å². The minimum atomic E-state index is 0.280. The lowest BCUT2D eigenvalue weighted by Crippen LogP contribution is -1.97. The van der Waals surface area contributed by atoms with Crippen LogP contribution in [0.5, 0.6) is 0 Å². The molecule has 0 heterocycles. The van der Waals surface area contributed by atoms with Crippen LogP contribution >= 0.6 is 0 Å². The molecule has 0 fully saturated rings. The van der Waals surface area contributed by atoms with Gasteiger partial charge in [0, 0.05) is 5.92 Å². The van der Waals surface area contributed by atoms with Crippen LogP contribution in [0.4, 0.5) is 0 Å². The predicted octanol–water partition coefficient (Wildman–Crippen LogP) is 5.84. The summed E-state index contributed by atoms with van der Waals surface area (Å²) in [5, 5.41) is 0. The summed E-state index contributed by atoms with van der Waals surface area (Å²) in [5.74, 6) is 0.280. The minimum absolute atomic E-state index is 0.280. The van der Waals surface area contributed by atoms with E-state index in [1.54, 1.807) is 0 Å². The van der Waals surface area contributed by atoms with Gasteiger partial charge in [-0.1, -0.05) is 103 Å². The first-order chi connectivity index (χ1) is 10.8. The standard InChI is InChI=1S/C22H20/c1-18-12-15-21(16-13-18)22(20-10-6-3-7-11-20)17-14-19-8-4-2-5-9-19/h2-17,22H,1H3/b17-14+. The van der Waals surface area contributed by atoms with E-state index in [0.29, 0.717) is 0 Å². The van der Waals surface area contributed by atoms with E-state index >= 15 is 0 Å². The summed E-state index contributed by atoms with van der Waals surface area (Å²) >= 11 is 0. The van der Waals surface area contributed by atoms with Crippen LogP contribution < -0.4 is 0 Å². The molecule has 0 aliphatic carbocycles. The molecule has 0 saturated heterocycles. The second-order valence-corrected chi connectivity index (χ2v) is 5.57. The van der Waals surface area contributed by atoms with Crippen molar-refractivity contribution < 1.29 is 0 Å². The molecular weight excluding hydrogens is 264 g/mol. The van der Waals surface area contributed by atoms with E-state index in [9.17, 15) is 0 Å². The van der Waals surface area contributed by atoms with Gasteiger partial charge in [0.1, 0.15) is 0 Å². The molecule has 3 rings (SSSR count). The lowest BCUT2D eigenvalue weighted by atomic mass is 9.90. The van der Waals surface area contributed by atoms with E-state index in [-0.39, 0.29) is 5.92 Å². The highest BCUT2D eigenvalue weighted by Crippen LogP contribution is 2.27. The molecule has 0 amide bonds. The summed E-state index contributed by atoms with van der Waals surface area (Å²) in [7, 11) is 0. The van der Waals surface area contributed by atoms with Gasteiger partial charge in [0.05, 0.1) is 0 Å². The van der Waals surface area contributed by atoms with Gasteiger partial charge in [-0.15, -0.1) is 0 Å². The second-order valence-electron chi connectivity index (χ2n) is 5.57. The molecule has 3 aromatic carbocycles. The number of allylic oxidation sites excluding steroid dienone is 1. The molecule has 0 nitrogen and oxygen atoms in total. The summed E-state index contributed by atoms with van der Waals surface area (Å²) < 4.78 is 0. The van der Waals surface area contributed by atoms with Crippen molar-refractivity contribution in [2.75, 3.05) is 0 Å². The predicted molar refractivity (Wildman–Crippen MR) is 94.9 cm³/mol. The van der Waals surface area contributed by atoms with Crippen molar-refractivity contribution in [1.29, 1.82) is 0 Å². The Balaban J connectivity index is 1.96. The van der Waals surface area contributed by atoms with Gasteiger partial charge < -0.3 is 0 Å². The van der Waals surface area contributed by atoms with Gasteiger partial charge in [0.25, 0.3) is 0 Å². The van der Waals surface area contributed by atoms with Gasteiger partial charge in [-0.05, 0) is 23.6 Å². The van der Waals surface area contributed by atoms with Crippen LogP contribution in [0.25, 0.3) is 6.08 Å². The van der Waals surface area contributed by atoms with Crippen molar-refractivity contribution in [2.45, 2.75) is 12.8 Å². The first kappa shape index (κ1) is 14.3. The molecule has 0 heteroatoms. The topological polar surface area (TPSA) is 0 Å². The van der Waals surface area contributed by atoms with Crippen LogP contribution in [0.2, 0.25) is 0 Å². The van der Waals surface area contributed by atoms with Gasteiger partial charge in [-0.25, -0.2) is 0 Å². The van der Waals surface area contributed by atoms with Gasteiger partial charge in [0.15, 0.2) is 0 Å². The molecule has 0 saturated carbocycles. The minimum Gasteiger partial charge on any atom is -0.0721 e. The Kier molecular flexibility index (Phi) is 4.50. The van der Waals surface area contributed by atoms with Crippen LogP contribution in [0.3, 0.4) is 0 Å². The van der Waals surface area contributed by atoms with Crippen LogP contribution in [0.15, 0.2) is 91.0 Å². The van der Waals surface area contributed by atoms with Crippen molar-refractivity contribution in [3.05, 3.63) is 113 Å². The number of rotatable bonds is 4. The van der Waals surface area contributed by atoms with E-state index < -0.39 is 0 Å². The number of aryl methyl sites for hydroxylation is 1. The third-order valence-electron chi connectivity index (χ3n) is 3.88. The van der Waals surface area contributed by atoms with Gasteiger partial charge in [0.2, 0.25) is 0 Å². The fourth-order valence-corrected chi connectivity index (χ4v) is 2.62. The Bertz CT molecular complexity index is 722. The highest BCUT2D eigenvalue weighted by atomic mass is 14.1. The van der Waals surface area contributed by atoms with Crippen molar-refractivity contribution in [3.8, 4) is 0 Å². The number of hydrogen-bond acceptors (Lipinski definition) is 0. The molecular formula is C22H20. The summed E-state index contributed by atoms with van der Waals surface area (Å²) in [4.78, 5) is 0. The molecule has 0 aromatic heterocycles. The molecule has 0 spiro atoms. The Morgan fingerprint density at radius 3 is 1.82 bits per heavy atom. The van der Waals surface area contributed by atoms with E-state index in [1.807, 2.05) is 6.07 Å². The van der Waals surface area contributed by atoms with Crippen molar-refractivity contribution in [2.24, 2.45) is 0 Å². The first-order valence-electron chi connectivity index (χ1n) is 7.68. The summed E-state index contributed by atoms with van der Waals surface area (Å²) in [6, 6.07) is 29.9. The van der Waals surface area contributed by atoms with Gasteiger partial charge in [-0.2, -0.15) is 0 Å². The summed E-state index contributed by atoms with van der Waals surface area (Å²) in [5.41, 5.74) is 5.17. The SMILES string of the molecule is Cc1ccc(C(/C=C/c2ccccc2)c2ccccc2)cc1. The zero-order valence-corrected chi connectivity index (χ0v) is 12.8. The Morgan fingerprint density at radius 1 is 0.636 bits per heavy atom. The molecule has 0 radical (unpaired) electrons. The van der Waals surface area contributed by atoms with Crippen LogP contribution in [-0.4, -0.2) is 0 Å². The van der Waals surface area contributed by atoms with Gasteiger partial charge in [-0.3, -0.25) is 0 Å². The Hall–Kier alpha value is -2.60. The molecule has 0 N–H and O–H groups in total. The maximum absolute atomic E-state index is 2.29. The molecule has 22 heavy (non-hydrogen) atoms. The highest BCUT2D eigenvalue weighted by molar-refractivity contribution is 5.53. The highest BCUT2D eigenvalue weighted by Gasteiger charge is 2.10. The van der Waals surface area contributed by atoms with Crippen molar-refractivity contribution >= 4 is 6.08 Å². The Morgan fingerprint density at radius 2 is 1.18 bits per heavy atom. The zero-order valence-electron chi connectivity index (χ0n) is 12.8.